The predicted molar refractivity (Wildman–Crippen MR) is 72.3 cm³/mol. The van der Waals surface area contributed by atoms with E-state index in [0.29, 0.717) is 15.7 Å². The maximum Gasteiger partial charge on any atom is 0.181 e. The van der Waals surface area contributed by atoms with E-state index < -0.39 is 0 Å². The molecular formula is C11H6Cl2N4S. The summed E-state index contributed by atoms with van der Waals surface area (Å²) in [5, 5.41) is 1.92. The number of halogens is 2. The summed E-state index contributed by atoms with van der Waals surface area (Å²) in [4.78, 5) is 16.4. The van der Waals surface area contributed by atoms with E-state index in [1.165, 1.54) is 18.1 Å². The van der Waals surface area contributed by atoms with Gasteiger partial charge in [-0.25, -0.2) is 15.0 Å². The molecule has 2 heterocycles. The van der Waals surface area contributed by atoms with Crippen molar-refractivity contribution in [2.45, 2.75) is 10.1 Å². The van der Waals surface area contributed by atoms with Gasteiger partial charge in [0.05, 0.1) is 6.20 Å². The van der Waals surface area contributed by atoms with Gasteiger partial charge < -0.3 is 4.98 Å². The van der Waals surface area contributed by atoms with Gasteiger partial charge in [-0.2, -0.15) is 0 Å². The molecule has 0 amide bonds. The molecule has 1 N–H and O–H groups in total. The Hall–Kier alpha value is -1.30. The molecule has 0 fully saturated rings. The van der Waals surface area contributed by atoms with E-state index >= 15 is 0 Å². The minimum absolute atomic E-state index is 0.598. The van der Waals surface area contributed by atoms with Gasteiger partial charge in [-0.15, -0.1) is 0 Å². The van der Waals surface area contributed by atoms with Crippen molar-refractivity contribution in [1.29, 1.82) is 0 Å². The molecule has 0 aliphatic carbocycles. The largest absolute Gasteiger partial charge is 0.330 e. The SMILES string of the molecule is Clc1cc(Cl)cc(Sc2nc3ncncc3[nH]2)c1. The van der Waals surface area contributed by atoms with E-state index in [1.54, 1.807) is 12.3 Å². The van der Waals surface area contributed by atoms with Crippen LogP contribution in [0, 0.1) is 0 Å². The first kappa shape index (κ1) is 11.8. The van der Waals surface area contributed by atoms with Gasteiger partial charge in [-0.1, -0.05) is 35.0 Å². The van der Waals surface area contributed by atoms with Crippen LogP contribution in [0.3, 0.4) is 0 Å². The molecule has 0 bridgehead atoms. The fourth-order valence-electron chi connectivity index (χ4n) is 1.49. The summed E-state index contributed by atoms with van der Waals surface area (Å²) in [5.74, 6) is 0. The lowest BCUT2D eigenvalue weighted by Crippen LogP contribution is -1.77. The molecule has 0 aliphatic heterocycles. The van der Waals surface area contributed by atoms with E-state index in [9.17, 15) is 0 Å². The average Bonchev–Trinajstić information content (AvgIpc) is 2.69. The zero-order valence-electron chi connectivity index (χ0n) is 8.89. The third-order valence-corrected chi connectivity index (χ3v) is 3.49. The lowest BCUT2D eigenvalue weighted by Gasteiger charge is -1.99. The molecule has 0 spiro atoms. The highest BCUT2D eigenvalue weighted by Gasteiger charge is 2.06. The first-order chi connectivity index (χ1) is 8.70. The highest BCUT2D eigenvalue weighted by atomic mass is 35.5. The lowest BCUT2D eigenvalue weighted by atomic mass is 10.4. The fourth-order valence-corrected chi connectivity index (χ4v) is 3.03. The number of imidazole rings is 1. The second-order valence-corrected chi connectivity index (χ2v) is 5.44. The molecule has 0 saturated carbocycles. The van der Waals surface area contributed by atoms with Crippen molar-refractivity contribution in [3.8, 4) is 0 Å². The van der Waals surface area contributed by atoms with Gasteiger partial charge in [0.15, 0.2) is 10.8 Å². The molecule has 0 saturated heterocycles. The van der Waals surface area contributed by atoms with Crippen molar-refractivity contribution in [3.05, 3.63) is 40.8 Å². The first-order valence-electron chi connectivity index (χ1n) is 5.00. The van der Waals surface area contributed by atoms with E-state index in [4.69, 9.17) is 23.2 Å². The minimum atomic E-state index is 0.598. The Kier molecular flexibility index (Phi) is 3.11. The summed E-state index contributed by atoms with van der Waals surface area (Å²) in [6.45, 7) is 0. The van der Waals surface area contributed by atoms with Crippen LogP contribution in [0.1, 0.15) is 0 Å². The molecule has 0 unspecified atom stereocenters. The molecule has 0 aliphatic rings. The molecule has 0 atom stereocenters. The molecular weight excluding hydrogens is 291 g/mol. The fraction of sp³-hybridized carbons (Fsp3) is 0. The minimum Gasteiger partial charge on any atom is -0.330 e. The standard InChI is InChI=1S/C11H6Cl2N4S/c12-6-1-7(13)3-8(2-6)18-11-16-9-4-14-5-15-10(9)17-11/h1-5H,(H,14,15,16,17). The van der Waals surface area contributed by atoms with Crippen LogP contribution in [0.5, 0.6) is 0 Å². The number of nitrogens with one attached hydrogen (secondary N) is 1. The normalized spacial score (nSPS) is 11.0. The highest BCUT2D eigenvalue weighted by Crippen LogP contribution is 2.31. The lowest BCUT2D eigenvalue weighted by molar-refractivity contribution is 1.07. The van der Waals surface area contributed by atoms with E-state index in [0.717, 1.165) is 15.6 Å². The topological polar surface area (TPSA) is 54.5 Å². The number of benzene rings is 1. The monoisotopic (exact) mass is 296 g/mol. The van der Waals surface area contributed by atoms with Crippen molar-refractivity contribution in [3.63, 3.8) is 0 Å². The number of H-pyrrole nitrogens is 1. The smallest absolute Gasteiger partial charge is 0.181 e. The Balaban J connectivity index is 1.96. The second kappa shape index (κ2) is 4.76. The van der Waals surface area contributed by atoms with Crippen LogP contribution in [0.2, 0.25) is 10.0 Å². The van der Waals surface area contributed by atoms with Crippen LogP contribution in [0.25, 0.3) is 11.2 Å². The van der Waals surface area contributed by atoms with Gasteiger partial charge in [-0.3, -0.25) is 0 Å². The Morgan fingerprint density at radius 3 is 2.61 bits per heavy atom. The van der Waals surface area contributed by atoms with E-state index in [1.807, 2.05) is 12.1 Å². The molecule has 0 radical (unpaired) electrons. The summed E-state index contributed by atoms with van der Waals surface area (Å²) in [5.41, 5.74) is 1.44. The van der Waals surface area contributed by atoms with Crippen molar-refractivity contribution in [2.24, 2.45) is 0 Å². The van der Waals surface area contributed by atoms with Crippen LogP contribution < -0.4 is 0 Å². The summed E-state index contributed by atoms with van der Waals surface area (Å²) in [7, 11) is 0. The van der Waals surface area contributed by atoms with Crippen molar-refractivity contribution >= 4 is 46.1 Å². The zero-order chi connectivity index (χ0) is 12.5. The van der Waals surface area contributed by atoms with Gasteiger partial charge in [0.25, 0.3) is 0 Å². The summed E-state index contributed by atoms with van der Waals surface area (Å²) in [6.07, 6.45) is 3.15. The summed E-state index contributed by atoms with van der Waals surface area (Å²) < 4.78 is 0. The highest BCUT2D eigenvalue weighted by molar-refractivity contribution is 7.99. The number of fused-ring (bicyclic) bond motifs is 1. The Bertz CT molecular complexity index is 660. The molecule has 1 aromatic carbocycles. The molecule has 3 aromatic rings. The molecule has 18 heavy (non-hydrogen) atoms. The van der Waals surface area contributed by atoms with Crippen LogP contribution in [-0.4, -0.2) is 19.9 Å². The second-order valence-electron chi connectivity index (χ2n) is 3.51. The van der Waals surface area contributed by atoms with Gasteiger partial charge in [0.1, 0.15) is 11.8 Å². The average molecular weight is 297 g/mol. The Morgan fingerprint density at radius 1 is 1.11 bits per heavy atom. The number of hydrogen-bond donors (Lipinski definition) is 1. The summed E-state index contributed by atoms with van der Waals surface area (Å²) >= 11 is 13.3. The van der Waals surface area contributed by atoms with Crippen LogP contribution in [0.15, 0.2) is 40.8 Å². The van der Waals surface area contributed by atoms with Crippen LogP contribution in [0.4, 0.5) is 0 Å². The van der Waals surface area contributed by atoms with Crippen LogP contribution in [-0.2, 0) is 0 Å². The Labute approximate surface area is 117 Å². The molecule has 4 nitrogen and oxygen atoms in total. The molecule has 90 valence electrons. The van der Waals surface area contributed by atoms with Gasteiger partial charge in [-0.05, 0) is 18.2 Å². The molecule has 2 aromatic heterocycles. The number of rotatable bonds is 2. The molecule has 3 rings (SSSR count). The van der Waals surface area contributed by atoms with Gasteiger partial charge in [0.2, 0.25) is 0 Å². The van der Waals surface area contributed by atoms with E-state index in [-0.39, 0.29) is 0 Å². The number of hydrogen-bond acceptors (Lipinski definition) is 4. The third kappa shape index (κ3) is 2.43. The van der Waals surface area contributed by atoms with Crippen molar-refractivity contribution in [1.82, 2.24) is 19.9 Å². The van der Waals surface area contributed by atoms with Crippen LogP contribution >= 0.6 is 35.0 Å². The van der Waals surface area contributed by atoms with Gasteiger partial charge >= 0.3 is 0 Å². The maximum atomic E-state index is 5.94. The van der Waals surface area contributed by atoms with Gasteiger partial charge in [0, 0.05) is 14.9 Å². The number of nitrogens with zero attached hydrogens (tertiary/aromatic N) is 3. The quantitative estimate of drug-likeness (QED) is 0.781. The predicted octanol–water partition coefficient (Wildman–Crippen LogP) is 3.81. The zero-order valence-corrected chi connectivity index (χ0v) is 11.2. The third-order valence-electron chi connectivity index (χ3n) is 2.19. The maximum absolute atomic E-state index is 5.94. The molecule has 7 heteroatoms. The summed E-state index contributed by atoms with van der Waals surface area (Å²) in [6, 6.07) is 5.35. The number of aromatic nitrogens is 4. The number of aromatic amines is 1. The van der Waals surface area contributed by atoms with E-state index in [2.05, 4.69) is 19.9 Å². The van der Waals surface area contributed by atoms with Crippen molar-refractivity contribution in [2.75, 3.05) is 0 Å². The first-order valence-corrected chi connectivity index (χ1v) is 6.57. The Morgan fingerprint density at radius 2 is 1.89 bits per heavy atom. The van der Waals surface area contributed by atoms with Crippen molar-refractivity contribution < 1.29 is 0 Å².